The number of fused-ring (bicyclic) bond motifs is 1. The smallest absolute Gasteiger partial charge is 0.326 e. The molecule has 1 atom stereocenters. The van der Waals surface area contributed by atoms with Crippen LogP contribution in [0.2, 0.25) is 0 Å². The van der Waals surface area contributed by atoms with Gasteiger partial charge in [-0.1, -0.05) is 19.9 Å². The molecule has 0 bridgehead atoms. The third kappa shape index (κ3) is 3.38. The molecular formula is C16H21NO3. The number of hydrogen-bond donors (Lipinski definition) is 2. The van der Waals surface area contributed by atoms with Crippen LogP contribution in [0, 0.1) is 5.92 Å². The van der Waals surface area contributed by atoms with Gasteiger partial charge in [-0.3, -0.25) is 4.79 Å². The zero-order valence-electron chi connectivity index (χ0n) is 12.0. The molecule has 4 nitrogen and oxygen atoms in total. The van der Waals surface area contributed by atoms with E-state index in [0.717, 1.165) is 19.3 Å². The number of aryl methyl sites for hydroxylation is 2. The highest BCUT2D eigenvalue weighted by Crippen LogP contribution is 2.22. The van der Waals surface area contributed by atoms with Crippen molar-refractivity contribution in [1.29, 1.82) is 0 Å². The van der Waals surface area contributed by atoms with E-state index in [1.165, 1.54) is 11.1 Å². The van der Waals surface area contributed by atoms with Crippen LogP contribution in [0.15, 0.2) is 18.2 Å². The fraction of sp³-hybridized carbons (Fsp3) is 0.500. The predicted molar refractivity (Wildman–Crippen MR) is 76.8 cm³/mol. The number of carbonyl (C=O) groups is 2. The summed E-state index contributed by atoms with van der Waals surface area (Å²) in [6.45, 7) is 3.88. The highest BCUT2D eigenvalue weighted by molar-refractivity contribution is 5.96. The summed E-state index contributed by atoms with van der Waals surface area (Å²) in [4.78, 5) is 23.3. The van der Waals surface area contributed by atoms with Crippen LogP contribution in [-0.4, -0.2) is 23.0 Å². The van der Waals surface area contributed by atoms with Crippen LogP contribution in [0.3, 0.4) is 0 Å². The number of benzene rings is 1. The van der Waals surface area contributed by atoms with Crippen LogP contribution >= 0.6 is 0 Å². The normalized spacial score (nSPS) is 14.9. The number of aliphatic carboxylic acids is 1. The van der Waals surface area contributed by atoms with Crippen molar-refractivity contribution >= 4 is 11.9 Å². The maximum absolute atomic E-state index is 12.2. The summed E-state index contributed by atoms with van der Waals surface area (Å²) in [6, 6.07) is 4.84. The largest absolute Gasteiger partial charge is 0.480 e. The van der Waals surface area contributed by atoms with E-state index in [4.69, 9.17) is 5.11 Å². The molecule has 0 heterocycles. The SMILES string of the molecule is CC(C)C[C@@H](NC(=O)c1ccc2c(c1)CCC2)C(=O)O. The van der Waals surface area contributed by atoms with Crippen LogP contribution in [0.25, 0.3) is 0 Å². The number of rotatable bonds is 5. The minimum Gasteiger partial charge on any atom is -0.480 e. The van der Waals surface area contributed by atoms with Gasteiger partial charge in [0.25, 0.3) is 5.91 Å². The number of amides is 1. The van der Waals surface area contributed by atoms with Gasteiger partial charge in [0.1, 0.15) is 6.04 Å². The molecule has 1 aliphatic carbocycles. The molecule has 1 aliphatic rings. The molecule has 108 valence electrons. The molecule has 0 radical (unpaired) electrons. The third-order valence-corrected chi connectivity index (χ3v) is 3.67. The fourth-order valence-corrected chi connectivity index (χ4v) is 2.65. The van der Waals surface area contributed by atoms with E-state index < -0.39 is 12.0 Å². The first-order chi connectivity index (χ1) is 9.47. The van der Waals surface area contributed by atoms with E-state index in [-0.39, 0.29) is 11.8 Å². The molecule has 4 heteroatoms. The molecule has 0 fully saturated rings. The number of carboxylic acids is 1. The van der Waals surface area contributed by atoms with Crippen molar-refractivity contribution in [1.82, 2.24) is 5.32 Å². The van der Waals surface area contributed by atoms with Gasteiger partial charge in [-0.05, 0) is 54.9 Å². The van der Waals surface area contributed by atoms with Gasteiger partial charge in [0.15, 0.2) is 0 Å². The van der Waals surface area contributed by atoms with Gasteiger partial charge in [0, 0.05) is 5.56 Å². The zero-order valence-corrected chi connectivity index (χ0v) is 12.0. The second-order valence-corrected chi connectivity index (χ2v) is 5.83. The molecule has 1 aromatic rings. The minimum atomic E-state index is -0.979. The van der Waals surface area contributed by atoms with Gasteiger partial charge in [-0.2, -0.15) is 0 Å². The minimum absolute atomic E-state index is 0.219. The van der Waals surface area contributed by atoms with Crippen molar-refractivity contribution < 1.29 is 14.7 Å². The van der Waals surface area contributed by atoms with E-state index in [0.29, 0.717) is 12.0 Å². The Morgan fingerprint density at radius 2 is 1.95 bits per heavy atom. The molecule has 0 aliphatic heterocycles. The predicted octanol–water partition coefficient (Wildman–Crippen LogP) is 2.40. The maximum Gasteiger partial charge on any atom is 0.326 e. The highest BCUT2D eigenvalue weighted by atomic mass is 16.4. The summed E-state index contributed by atoms with van der Waals surface area (Å²) in [5.74, 6) is -1.06. The van der Waals surface area contributed by atoms with E-state index in [2.05, 4.69) is 5.32 Å². The Kier molecular flexibility index (Phi) is 4.42. The molecule has 2 N–H and O–H groups in total. The second kappa shape index (κ2) is 6.07. The van der Waals surface area contributed by atoms with Crippen molar-refractivity contribution in [3.8, 4) is 0 Å². The first-order valence-corrected chi connectivity index (χ1v) is 7.13. The lowest BCUT2D eigenvalue weighted by Crippen LogP contribution is -2.41. The first-order valence-electron chi connectivity index (χ1n) is 7.13. The molecule has 0 aromatic heterocycles. The van der Waals surface area contributed by atoms with Gasteiger partial charge in [0.05, 0.1) is 0 Å². The van der Waals surface area contributed by atoms with Gasteiger partial charge >= 0.3 is 5.97 Å². The van der Waals surface area contributed by atoms with Crippen molar-refractivity contribution in [2.45, 2.75) is 45.6 Å². The maximum atomic E-state index is 12.2. The number of hydrogen-bond acceptors (Lipinski definition) is 2. The zero-order chi connectivity index (χ0) is 14.7. The van der Waals surface area contributed by atoms with E-state index >= 15 is 0 Å². The van der Waals surface area contributed by atoms with Crippen molar-refractivity contribution in [2.24, 2.45) is 5.92 Å². The van der Waals surface area contributed by atoms with Crippen LogP contribution in [0.1, 0.15) is 48.2 Å². The Morgan fingerprint density at radius 3 is 2.60 bits per heavy atom. The molecular weight excluding hydrogens is 254 g/mol. The lowest BCUT2D eigenvalue weighted by atomic mass is 10.0. The molecule has 0 saturated carbocycles. The molecule has 1 aromatic carbocycles. The molecule has 0 spiro atoms. The first kappa shape index (κ1) is 14.6. The van der Waals surface area contributed by atoms with Gasteiger partial charge < -0.3 is 10.4 Å². The average molecular weight is 275 g/mol. The molecule has 2 rings (SSSR count). The van der Waals surface area contributed by atoms with E-state index in [1.807, 2.05) is 26.0 Å². The summed E-state index contributed by atoms with van der Waals surface area (Å²) in [6.07, 6.45) is 3.64. The van der Waals surface area contributed by atoms with Crippen LogP contribution in [0.5, 0.6) is 0 Å². The monoisotopic (exact) mass is 275 g/mol. The molecule has 0 unspecified atom stereocenters. The van der Waals surface area contributed by atoms with Crippen LogP contribution in [0.4, 0.5) is 0 Å². The highest BCUT2D eigenvalue weighted by Gasteiger charge is 2.22. The Balaban J connectivity index is 2.08. The van der Waals surface area contributed by atoms with E-state index in [9.17, 15) is 9.59 Å². The van der Waals surface area contributed by atoms with E-state index in [1.54, 1.807) is 6.07 Å². The van der Waals surface area contributed by atoms with Crippen LogP contribution in [-0.2, 0) is 17.6 Å². The molecule has 1 amide bonds. The fourth-order valence-electron chi connectivity index (χ4n) is 2.65. The average Bonchev–Trinajstić information content (AvgIpc) is 2.84. The number of carboxylic acid groups (broad SMARTS) is 1. The Morgan fingerprint density at radius 1 is 1.25 bits per heavy atom. The summed E-state index contributed by atoms with van der Waals surface area (Å²) in [7, 11) is 0. The Labute approximate surface area is 119 Å². The number of carbonyl (C=O) groups excluding carboxylic acids is 1. The Hall–Kier alpha value is -1.84. The van der Waals surface area contributed by atoms with Crippen molar-refractivity contribution in [3.63, 3.8) is 0 Å². The van der Waals surface area contributed by atoms with Gasteiger partial charge in [0.2, 0.25) is 0 Å². The summed E-state index contributed by atoms with van der Waals surface area (Å²) >= 11 is 0. The Bertz CT molecular complexity index is 522. The quantitative estimate of drug-likeness (QED) is 0.867. The lowest BCUT2D eigenvalue weighted by Gasteiger charge is -2.16. The summed E-state index contributed by atoms with van der Waals surface area (Å²) < 4.78 is 0. The third-order valence-electron chi connectivity index (χ3n) is 3.67. The lowest BCUT2D eigenvalue weighted by molar-refractivity contribution is -0.139. The second-order valence-electron chi connectivity index (χ2n) is 5.83. The summed E-state index contributed by atoms with van der Waals surface area (Å²) in [5, 5.41) is 11.8. The standard InChI is InChI=1S/C16H21NO3/c1-10(2)8-14(16(19)20)17-15(18)13-7-6-11-4-3-5-12(11)9-13/h6-7,9-10,14H,3-5,8H2,1-2H3,(H,17,18)(H,19,20)/t14-/m1/s1. The van der Waals surface area contributed by atoms with Gasteiger partial charge in [-0.15, -0.1) is 0 Å². The topological polar surface area (TPSA) is 66.4 Å². The molecule has 20 heavy (non-hydrogen) atoms. The molecule has 0 saturated heterocycles. The van der Waals surface area contributed by atoms with Crippen molar-refractivity contribution in [3.05, 3.63) is 34.9 Å². The van der Waals surface area contributed by atoms with Crippen LogP contribution < -0.4 is 5.32 Å². The number of nitrogens with one attached hydrogen (secondary N) is 1. The summed E-state index contributed by atoms with van der Waals surface area (Å²) in [5.41, 5.74) is 3.08. The van der Waals surface area contributed by atoms with Crippen molar-refractivity contribution in [2.75, 3.05) is 0 Å². The van der Waals surface area contributed by atoms with Gasteiger partial charge in [-0.25, -0.2) is 4.79 Å².